The highest BCUT2D eigenvalue weighted by Gasteiger charge is 2.46. The Morgan fingerprint density at radius 1 is 1.40 bits per heavy atom. The highest BCUT2D eigenvalue weighted by molar-refractivity contribution is 5.37. The number of rotatable bonds is 4. The summed E-state index contributed by atoms with van der Waals surface area (Å²) in [5.41, 5.74) is 0.813. The third kappa shape index (κ3) is 2.21. The van der Waals surface area contributed by atoms with Gasteiger partial charge in [0.1, 0.15) is 5.82 Å². The van der Waals surface area contributed by atoms with Gasteiger partial charge in [-0.15, -0.1) is 0 Å². The number of benzene rings is 1. The molecular formula is C16H18N4. The Morgan fingerprint density at radius 2 is 2.15 bits per heavy atom. The van der Waals surface area contributed by atoms with E-state index in [-0.39, 0.29) is 11.5 Å². The van der Waals surface area contributed by atoms with Crippen LogP contribution in [0.2, 0.25) is 0 Å². The Balaban J connectivity index is 1.64. The van der Waals surface area contributed by atoms with Crippen LogP contribution in [-0.4, -0.2) is 16.0 Å². The number of nitriles is 1. The van der Waals surface area contributed by atoms with E-state index in [4.69, 9.17) is 0 Å². The number of aromatic nitrogens is 2. The molecule has 102 valence electrons. The van der Waals surface area contributed by atoms with Gasteiger partial charge < -0.3 is 10.3 Å². The van der Waals surface area contributed by atoms with E-state index >= 15 is 0 Å². The van der Waals surface area contributed by atoms with E-state index in [0.717, 1.165) is 24.2 Å². The van der Waals surface area contributed by atoms with E-state index in [2.05, 4.69) is 40.4 Å². The summed E-state index contributed by atoms with van der Waals surface area (Å²) in [6, 6.07) is 13.2. The topological polar surface area (TPSA) is 64.5 Å². The molecule has 1 aromatic heterocycles. The maximum atomic E-state index is 9.53. The lowest BCUT2D eigenvalue weighted by Gasteiger charge is -2.44. The van der Waals surface area contributed by atoms with Gasteiger partial charge in [-0.1, -0.05) is 30.3 Å². The molecule has 1 fully saturated rings. The summed E-state index contributed by atoms with van der Waals surface area (Å²) in [7, 11) is 0. The van der Waals surface area contributed by atoms with Gasteiger partial charge in [-0.2, -0.15) is 5.26 Å². The van der Waals surface area contributed by atoms with E-state index in [1.54, 1.807) is 6.20 Å². The molecule has 4 nitrogen and oxygen atoms in total. The van der Waals surface area contributed by atoms with Crippen LogP contribution in [0.3, 0.4) is 0 Å². The van der Waals surface area contributed by atoms with Crippen LogP contribution in [0.1, 0.15) is 37.2 Å². The smallest absolute Gasteiger partial charge is 0.122 e. The van der Waals surface area contributed by atoms with Crippen molar-refractivity contribution in [2.75, 3.05) is 0 Å². The lowest BCUT2D eigenvalue weighted by molar-refractivity contribution is 0.211. The Morgan fingerprint density at radius 3 is 2.75 bits per heavy atom. The second-order valence-corrected chi connectivity index (χ2v) is 5.53. The lowest BCUT2D eigenvalue weighted by Crippen LogP contribution is -2.51. The second kappa shape index (κ2) is 5.10. The molecule has 1 unspecified atom stereocenters. The van der Waals surface area contributed by atoms with Crippen LogP contribution in [0.4, 0.5) is 0 Å². The zero-order chi connectivity index (χ0) is 14.0. The number of hydrogen-bond donors (Lipinski definition) is 2. The minimum absolute atomic E-state index is 0.183. The van der Waals surface area contributed by atoms with Crippen molar-refractivity contribution in [3.63, 3.8) is 0 Å². The fourth-order valence-corrected chi connectivity index (χ4v) is 2.99. The zero-order valence-electron chi connectivity index (χ0n) is 11.5. The standard InChI is InChI=1S/C16H18N4/c1-12(15-18-7-8-19-15)20-14-9-16(10-14,11-17)13-5-3-2-4-6-13/h2-8,12,14,20H,9-10H2,1H3,(H,18,19). The van der Waals surface area contributed by atoms with Gasteiger partial charge in [-0.3, -0.25) is 0 Å². The molecular weight excluding hydrogens is 248 g/mol. The Labute approximate surface area is 118 Å². The lowest BCUT2D eigenvalue weighted by atomic mass is 9.62. The van der Waals surface area contributed by atoms with Crippen molar-refractivity contribution in [2.45, 2.75) is 37.3 Å². The van der Waals surface area contributed by atoms with Crippen LogP contribution in [0, 0.1) is 11.3 Å². The number of H-pyrrole nitrogens is 1. The normalized spacial score (nSPS) is 26.5. The maximum absolute atomic E-state index is 9.53. The van der Waals surface area contributed by atoms with Gasteiger partial charge in [0.15, 0.2) is 0 Å². The minimum Gasteiger partial charge on any atom is -0.347 e. The predicted molar refractivity (Wildman–Crippen MR) is 76.9 cm³/mol. The number of hydrogen-bond acceptors (Lipinski definition) is 3. The molecule has 2 N–H and O–H groups in total. The first-order valence-corrected chi connectivity index (χ1v) is 6.96. The van der Waals surface area contributed by atoms with E-state index in [1.807, 2.05) is 24.4 Å². The number of nitrogens with one attached hydrogen (secondary N) is 2. The maximum Gasteiger partial charge on any atom is 0.122 e. The van der Waals surface area contributed by atoms with Crippen LogP contribution in [0.15, 0.2) is 42.7 Å². The summed E-state index contributed by atoms with van der Waals surface area (Å²) in [6.45, 7) is 2.09. The van der Waals surface area contributed by atoms with Gasteiger partial charge in [0.05, 0.1) is 17.5 Å². The summed E-state index contributed by atoms with van der Waals surface area (Å²) >= 11 is 0. The van der Waals surface area contributed by atoms with E-state index in [1.165, 1.54) is 0 Å². The first kappa shape index (κ1) is 12.9. The average Bonchev–Trinajstić information content (AvgIpc) is 2.97. The van der Waals surface area contributed by atoms with Crippen LogP contribution in [0.25, 0.3) is 0 Å². The molecule has 0 bridgehead atoms. The summed E-state index contributed by atoms with van der Waals surface area (Å²) in [5, 5.41) is 13.1. The van der Waals surface area contributed by atoms with Crippen molar-refractivity contribution in [3.8, 4) is 6.07 Å². The number of aromatic amines is 1. The van der Waals surface area contributed by atoms with E-state index in [9.17, 15) is 5.26 Å². The first-order valence-electron chi connectivity index (χ1n) is 6.96. The van der Waals surface area contributed by atoms with Gasteiger partial charge in [-0.25, -0.2) is 4.98 Å². The Hall–Kier alpha value is -2.12. The van der Waals surface area contributed by atoms with Gasteiger partial charge in [0.2, 0.25) is 0 Å². The van der Waals surface area contributed by atoms with Crippen molar-refractivity contribution in [1.82, 2.24) is 15.3 Å². The number of imidazole rings is 1. The summed E-state index contributed by atoms with van der Waals surface area (Å²) in [4.78, 5) is 7.38. The van der Waals surface area contributed by atoms with Crippen LogP contribution in [0.5, 0.6) is 0 Å². The molecule has 4 heteroatoms. The molecule has 3 rings (SSSR count). The molecule has 1 atom stereocenters. The molecule has 0 amide bonds. The van der Waals surface area contributed by atoms with E-state index < -0.39 is 0 Å². The summed E-state index contributed by atoms with van der Waals surface area (Å²) in [5.74, 6) is 0.944. The quantitative estimate of drug-likeness (QED) is 0.894. The van der Waals surface area contributed by atoms with Crippen molar-refractivity contribution in [2.24, 2.45) is 0 Å². The van der Waals surface area contributed by atoms with E-state index in [0.29, 0.717) is 6.04 Å². The Bertz CT molecular complexity index is 591. The molecule has 1 aromatic carbocycles. The van der Waals surface area contributed by atoms with Gasteiger partial charge in [0.25, 0.3) is 0 Å². The molecule has 0 radical (unpaired) electrons. The number of nitrogens with zero attached hydrogens (tertiary/aromatic N) is 2. The molecule has 0 saturated heterocycles. The van der Waals surface area contributed by atoms with Crippen molar-refractivity contribution in [1.29, 1.82) is 5.26 Å². The Kier molecular flexibility index (Phi) is 3.29. The van der Waals surface area contributed by atoms with Crippen LogP contribution in [-0.2, 0) is 5.41 Å². The zero-order valence-corrected chi connectivity index (χ0v) is 11.5. The minimum atomic E-state index is -0.318. The highest BCUT2D eigenvalue weighted by Crippen LogP contribution is 2.43. The molecule has 1 aliphatic carbocycles. The third-order valence-electron chi connectivity index (χ3n) is 4.15. The molecule has 0 spiro atoms. The molecule has 1 aliphatic rings. The molecule has 1 saturated carbocycles. The highest BCUT2D eigenvalue weighted by atomic mass is 15.0. The average molecular weight is 266 g/mol. The summed E-state index contributed by atoms with van der Waals surface area (Å²) in [6.07, 6.45) is 5.31. The van der Waals surface area contributed by atoms with Crippen molar-refractivity contribution < 1.29 is 0 Å². The van der Waals surface area contributed by atoms with Crippen LogP contribution < -0.4 is 5.32 Å². The largest absolute Gasteiger partial charge is 0.347 e. The summed E-state index contributed by atoms with van der Waals surface area (Å²) < 4.78 is 0. The van der Waals surface area contributed by atoms with Crippen LogP contribution >= 0.6 is 0 Å². The molecule has 0 aliphatic heterocycles. The monoisotopic (exact) mass is 266 g/mol. The van der Waals surface area contributed by atoms with Crippen molar-refractivity contribution in [3.05, 3.63) is 54.1 Å². The van der Waals surface area contributed by atoms with Gasteiger partial charge in [-0.05, 0) is 25.3 Å². The molecule has 20 heavy (non-hydrogen) atoms. The second-order valence-electron chi connectivity index (χ2n) is 5.53. The predicted octanol–water partition coefficient (Wildman–Crippen LogP) is 2.68. The third-order valence-corrected chi connectivity index (χ3v) is 4.15. The van der Waals surface area contributed by atoms with Crippen molar-refractivity contribution >= 4 is 0 Å². The molecule has 2 aromatic rings. The fraction of sp³-hybridized carbons (Fsp3) is 0.375. The molecule has 1 heterocycles. The van der Waals surface area contributed by atoms with Gasteiger partial charge >= 0.3 is 0 Å². The van der Waals surface area contributed by atoms with Gasteiger partial charge in [0, 0.05) is 18.4 Å². The SMILES string of the molecule is CC(NC1CC(C#N)(c2ccccc2)C1)c1ncc[nH]1. The first-order chi connectivity index (χ1) is 9.73. The fourth-order valence-electron chi connectivity index (χ4n) is 2.99.